The highest BCUT2D eigenvalue weighted by atomic mass is 32.2. The molecule has 10 heteroatoms. The highest BCUT2D eigenvalue weighted by Gasteiger charge is 2.26. The van der Waals surface area contributed by atoms with Gasteiger partial charge in [0.15, 0.2) is 0 Å². The number of hydrogen-bond donors (Lipinski definition) is 2. The summed E-state index contributed by atoms with van der Waals surface area (Å²) in [5.74, 6) is -0.545. The molecule has 4 rings (SSSR count). The predicted octanol–water partition coefficient (Wildman–Crippen LogP) is 3.11. The van der Waals surface area contributed by atoms with Crippen LogP contribution in [0.3, 0.4) is 0 Å². The van der Waals surface area contributed by atoms with Gasteiger partial charge in [-0.05, 0) is 48.5 Å². The van der Waals surface area contributed by atoms with Gasteiger partial charge in [-0.2, -0.15) is 4.72 Å². The number of nitrogens with zero attached hydrogens (tertiary/aromatic N) is 2. The number of amides is 1. The van der Waals surface area contributed by atoms with Gasteiger partial charge in [0.05, 0.1) is 5.69 Å². The molecule has 2 heterocycles. The van der Waals surface area contributed by atoms with Crippen molar-refractivity contribution < 1.29 is 17.6 Å². The van der Waals surface area contributed by atoms with Crippen molar-refractivity contribution in [3.63, 3.8) is 0 Å². The van der Waals surface area contributed by atoms with E-state index in [9.17, 15) is 17.6 Å². The summed E-state index contributed by atoms with van der Waals surface area (Å²) in [5.41, 5.74) is 1.51. The summed E-state index contributed by atoms with van der Waals surface area (Å²) < 4.78 is 42.4. The molecular weight excluding hydrogens is 499 g/mol. The minimum absolute atomic E-state index is 0.183. The molecular formula is C26H31FN4O3S2. The minimum atomic E-state index is -3.79. The van der Waals surface area contributed by atoms with Crippen LogP contribution in [-0.2, 0) is 21.2 Å². The van der Waals surface area contributed by atoms with Crippen molar-refractivity contribution in [1.82, 2.24) is 14.9 Å². The first-order valence-corrected chi connectivity index (χ1v) is 14.4. The molecule has 0 bridgehead atoms. The Kier molecular flexibility index (Phi) is 9.08. The largest absolute Gasteiger partial charge is 0.367 e. The molecule has 7 nitrogen and oxygen atoms in total. The minimum Gasteiger partial charge on any atom is -0.367 e. The Hall–Kier alpha value is -2.79. The maximum absolute atomic E-state index is 14.0. The second kappa shape index (κ2) is 12.4. The number of nitrogens with one attached hydrogen (secondary N) is 2. The summed E-state index contributed by atoms with van der Waals surface area (Å²) >= 11 is 1.11. The normalized spacial score (nSPS) is 15.5. The zero-order valence-corrected chi connectivity index (χ0v) is 21.6. The maximum atomic E-state index is 14.0. The van der Waals surface area contributed by atoms with Crippen LogP contribution in [0.15, 0.2) is 76.3 Å². The predicted molar refractivity (Wildman–Crippen MR) is 141 cm³/mol. The number of halogens is 1. The van der Waals surface area contributed by atoms with Crippen molar-refractivity contribution in [2.24, 2.45) is 0 Å². The first kappa shape index (κ1) is 26.3. The van der Waals surface area contributed by atoms with E-state index in [0.29, 0.717) is 12.2 Å². The van der Waals surface area contributed by atoms with Crippen LogP contribution in [0.4, 0.5) is 10.1 Å². The van der Waals surface area contributed by atoms with Gasteiger partial charge in [0, 0.05) is 32.7 Å². The Morgan fingerprint density at radius 3 is 2.39 bits per heavy atom. The molecule has 1 aliphatic rings. The van der Waals surface area contributed by atoms with Crippen molar-refractivity contribution in [3.8, 4) is 0 Å². The topological polar surface area (TPSA) is 81.8 Å². The number of piperazine rings is 1. The van der Waals surface area contributed by atoms with E-state index in [1.807, 2.05) is 36.4 Å². The van der Waals surface area contributed by atoms with Crippen LogP contribution in [-0.4, -0.2) is 64.5 Å². The lowest BCUT2D eigenvalue weighted by Crippen LogP contribution is -2.49. The molecule has 0 radical (unpaired) electrons. The highest BCUT2D eigenvalue weighted by molar-refractivity contribution is 7.91. The zero-order valence-electron chi connectivity index (χ0n) is 20.0. The van der Waals surface area contributed by atoms with E-state index in [2.05, 4.69) is 19.8 Å². The fourth-order valence-corrected chi connectivity index (χ4v) is 6.46. The van der Waals surface area contributed by atoms with Gasteiger partial charge >= 0.3 is 0 Å². The molecule has 1 aliphatic heterocycles. The lowest BCUT2D eigenvalue weighted by molar-refractivity contribution is -0.122. The van der Waals surface area contributed by atoms with Crippen LogP contribution in [0.5, 0.6) is 0 Å². The molecule has 192 valence electrons. The average molecular weight is 531 g/mol. The standard InChI is InChI=1S/C26H31FN4O3S2/c27-22-10-4-5-11-24(22)31-17-15-30(16-18-31)14-7-13-28-26(32)23(20-21-8-2-1-3-9-21)29-36(33,34)25-12-6-19-35-25/h1-6,8-12,19,23,29H,7,13-18,20H2,(H,28,32). The van der Waals surface area contributed by atoms with Gasteiger partial charge in [-0.3, -0.25) is 9.69 Å². The molecule has 1 fully saturated rings. The van der Waals surface area contributed by atoms with Crippen molar-refractivity contribution in [2.45, 2.75) is 23.1 Å². The summed E-state index contributed by atoms with van der Waals surface area (Å²) in [6.45, 7) is 4.38. The average Bonchev–Trinajstić information content (AvgIpc) is 3.44. The summed E-state index contributed by atoms with van der Waals surface area (Å²) in [6, 6.07) is 18.5. The quantitative estimate of drug-likeness (QED) is 0.373. The van der Waals surface area contributed by atoms with E-state index in [1.54, 1.807) is 23.6 Å². The summed E-state index contributed by atoms with van der Waals surface area (Å²) in [7, 11) is -3.79. The SMILES string of the molecule is O=C(NCCCN1CCN(c2ccccc2F)CC1)C(Cc1ccccc1)NS(=O)(=O)c1cccs1. The van der Waals surface area contributed by atoms with E-state index >= 15 is 0 Å². The number of carbonyl (C=O) groups excluding carboxylic acids is 1. The fraction of sp³-hybridized carbons (Fsp3) is 0.346. The molecule has 3 aromatic rings. The summed E-state index contributed by atoms with van der Waals surface area (Å²) in [6.07, 6.45) is 0.996. The molecule has 1 unspecified atom stereocenters. The first-order chi connectivity index (χ1) is 17.4. The summed E-state index contributed by atoms with van der Waals surface area (Å²) in [4.78, 5) is 17.3. The molecule has 2 N–H and O–H groups in total. The number of thiophene rings is 1. The number of benzene rings is 2. The van der Waals surface area contributed by atoms with Gasteiger partial charge < -0.3 is 10.2 Å². The number of sulfonamides is 1. The van der Waals surface area contributed by atoms with Gasteiger partial charge in [-0.1, -0.05) is 48.5 Å². The van der Waals surface area contributed by atoms with Crippen molar-refractivity contribution in [3.05, 3.63) is 83.5 Å². The third-order valence-electron chi connectivity index (χ3n) is 6.17. The molecule has 2 aromatic carbocycles. The second-order valence-electron chi connectivity index (χ2n) is 8.72. The van der Waals surface area contributed by atoms with E-state index < -0.39 is 16.1 Å². The highest BCUT2D eigenvalue weighted by Crippen LogP contribution is 2.20. The molecule has 1 atom stereocenters. The van der Waals surface area contributed by atoms with Crippen LogP contribution in [0, 0.1) is 5.82 Å². The molecule has 0 saturated carbocycles. The molecule has 0 spiro atoms. The van der Waals surface area contributed by atoms with Crippen molar-refractivity contribution in [1.29, 1.82) is 0 Å². The Labute approximate surface area is 216 Å². The van der Waals surface area contributed by atoms with Crippen molar-refractivity contribution in [2.75, 3.05) is 44.2 Å². The first-order valence-electron chi connectivity index (χ1n) is 12.0. The van der Waals surface area contributed by atoms with E-state index in [1.165, 1.54) is 12.1 Å². The Bertz CT molecular complexity index is 1220. The maximum Gasteiger partial charge on any atom is 0.250 e. The van der Waals surface area contributed by atoms with E-state index in [-0.39, 0.29) is 22.4 Å². The van der Waals surface area contributed by atoms with Crippen molar-refractivity contribution >= 4 is 33.0 Å². The molecule has 1 amide bonds. The Balaban J connectivity index is 1.26. The van der Waals surface area contributed by atoms with Gasteiger partial charge in [0.1, 0.15) is 16.1 Å². The Morgan fingerprint density at radius 1 is 0.972 bits per heavy atom. The lowest BCUT2D eigenvalue weighted by atomic mass is 10.1. The zero-order chi connectivity index (χ0) is 25.4. The van der Waals surface area contributed by atoms with Crippen LogP contribution in [0.2, 0.25) is 0 Å². The molecule has 1 aromatic heterocycles. The van der Waals surface area contributed by atoms with E-state index in [4.69, 9.17) is 0 Å². The van der Waals surface area contributed by atoms with Crippen LogP contribution >= 0.6 is 11.3 Å². The number of para-hydroxylation sites is 1. The van der Waals surface area contributed by atoms with Gasteiger partial charge in [0.2, 0.25) is 5.91 Å². The number of rotatable bonds is 11. The molecule has 0 aliphatic carbocycles. The smallest absolute Gasteiger partial charge is 0.250 e. The lowest BCUT2D eigenvalue weighted by Gasteiger charge is -2.36. The van der Waals surface area contributed by atoms with E-state index in [0.717, 1.165) is 56.0 Å². The number of anilines is 1. The second-order valence-corrected chi connectivity index (χ2v) is 11.6. The fourth-order valence-electron chi connectivity index (χ4n) is 4.26. The molecule has 36 heavy (non-hydrogen) atoms. The van der Waals surface area contributed by atoms with Crippen LogP contribution in [0.1, 0.15) is 12.0 Å². The number of hydrogen-bond acceptors (Lipinski definition) is 6. The third-order valence-corrected chi connectivity index (χ3v) is 9.04. The third kappa shape index (κ3) is 7.13. The molecule has 1 saturated heterocycles. The Morgan fingerprint density at radius 2 is 1.69 bits per heavy atom. The van der Waals surface area contributed by atoms with Crippen LogP contribution in [0.25, 0.3) is 0 Å². The van der Waals surface area contributed by atoms with Gasteiger partial charge in [0.25, 0.3) is 10.0 Å². The number of carbonyl (C=O) groups is 1. The summed E-state index contributed by atoms with van der Waals surface area (Å²) in [5, 5.41) is 4.59. The van der Waals surface area contributed by atoms with Gasteiger partial charge in [-0.15, -0.1) is 11.3 Å². The monoisotopic (exact) mass is 530 g/mol. The van der Waals surface area contributed by atoms with Crippen LogP contribution < -0.4 is 14.9 Å². The van der Waals surface area contributed by atoms with Gasteiger partial charge in [-0.25, -0.2) is 12.8 Å².